The maximum atomic E-state index is 11.0. The van der Waals surface area contributed by atoms with Crippen LogP contribution < -0.4 is 0 Å². The number of methoxy groups -OCH3 is 1. The summed E-state index contributed by atoms with van der Waals surface area (Å²) in [6.45, 7) is 7.55. The summed E-state index contributed by atoms with van der Waals surface area (Å²) in [6, 6.07) is 0.188. The van der Waals surface area contributed by atoms with Crippen molar-refractivity contribution in [1.29, 1.82) is 0 Å². The Labute approximate surface area is 92.5 Å². The topological polar surface area (TPSA) is 38.8 Å². The molecule has 15 heavy (non-hydrogen) atoms. The third kappa shape index (κ3) is 7.33. The van der Waals surface area contributed by atoms with Crippen molar-refractivity contribution in [2.45, 2.75) is 39.3 Å². The molecule has 0 heterocycles. The number of likely N-dealkylation sites (N-methyl/N-ethyl adjacent to an activating group) is 1. The molecule has 0 radical (unpaired) electrons. The van der Waals surface area contributed by atoms with E-state index >= 15 is 0 Å². The molecule has 4 nitrogen and oxygen atoms in total. The summed E-state index contributed by atoms with van der Waals surface area (Å²) in [7, 11) is 3.40. The number of rotatable bonds is 7. The second kappa shape index (κ2) is 7.65. The van der Waals surface area contributed by atoms with E-state index in [0.29, 0.717) is 13.0 Å². The molecular formula is C11H23NO3. The first-order chi connectivity index (χ1) is 6.97. The van der Waals surface area contributed by atoms with E-state index in [1.54, 1.807) is 0 Å². The molecule has 0 aromatic rings. The molecule has 0 fully saturated rings. The Balaban J connectivity index is 3.68. The van der Waals surface area contributed by atoms with Crippen LogP contribution in [0, 0.1) is 0 Å². The number of hydrogen-bond acceptors (Lipinski definition) is 4. The van der Waals surface area contributed by atoms with Crippen LogP contribution in [-0.4, -0.2) is 50.3 Å². The quantitative estimate of drug-likeness (QED) is 0.602. The van der Waals surface area contributed by atoms with Crippen LogP contribution >= 0.6 is 0 Å². The van der Waals surface area contributed by atoms with E-state index in [0.717, 1.165) is 6.54 Å². The van der Waals surface area contributed by atoms with Gasteiger partial charge in [0.05, 0.1) is 26.2 Å². The van der Waals surface area contributed by atoms with Crippen LogP contribution in [0.1, 0.15) is 27.2 Å². The molecule has 0 aliphatic heterocycles. The zero-order chi connectivity index (χ0) is 11.8. The van der Waals surface area contributed by atoms with Gasteiger partial charge >= 0.3 is 5.97 Å². The number of nitrogens with zero attached hydrogens (tertiary/aromatic N) is 1. The van der Waals surface area contributed by atoms with Crippen LogP contribution in [0.25, 0.3) is 0 Å². The van der Waals surface area contributed by atoms with Gasteiger partial charge in [-0.3, -0.25) is 4.79 Å². The molecule has 0 aliphatic rings. The summed E-state index contributed by atoms with van der Waals surface area (Å²) in [6.07, 6.45) is 0.684. The monoisotopic (exact) mass is 217 g/mol. The molecule has 0 N–H and O–H groups in total. The Morgan fingerprint density at radius 3 is 2.40 bits per heavy atom. The van der Waals surface area contributed by atoms with Gasteiger partial charge in [-0.15, -0.1) is 0 Å². The van der Waals surface area contributed by atoms with Crippen molar-refractivity contribution in [3.8, 4) is 0 Å². The molecule has 1 atom stereocenters. The summed E-state index contributed by atoms with van der Waals surface area (Å²) < 4.78 is 10.1. The van der Waals surface area contributed by atoms with Crippen LogP contribution in [0.15, 0.2) is 0 Å². The fraction of sp³-hybridized carbons (Fsp3) is 0.909. The second-order valence-electron chi connectivity index (χ2n) is 4.03. The highest BCUT2D eigenvalue weighted by Crippen LogP contribution is 2.02. The number of hydrogen-bond donors (Lipinski definition) is 0. The van der Waals surface area contributed by atoms with E-state index in [1.165, 1.54) is 7.11 Å². The van der Waals surface area contributed by atoms with Crippen LogP contribution in [0.3, 0.4) is 0 Å². The summed E-state index contributed by atoms with van der Waals surface area (Å²) >= 11 is 0. The van der Waals surface area contributed by atoms with Crippen molar-refractivity contribution in [3.05, 3.63) is 0 Å². The number of ether oxygens (including phenoxy) is 2. The first kappa shape index (κ1) is 14.4. The van der Waals surface area contributed by atoms with Crippen LogP contribution in [0.2, 0.25) is 0 Å². The van der Waals surface area contributed by atoms with E-state index in [-0.39, 0.29) is 18.1 Å². The van der Waals surface area contributed by atoms with E-state index < -0.39 is 0 Å². The lowest BCUT2D eigenvalue weighted by Crippen LogP contribution is -2.34. The van der Waals surface area contributed by atoms with Gasteiger partial charge in [-0.05, 0) is 27.8 Å². The molecular weight excluding hydrogens is 194 g/mol. The van der Waals surface area contributed by atoms with Gasteiger partial charge in [0, 0.05) is 12.6 Å². The maximum Gasteiger partial charge on any atom is 0.307 e. The average Bonchev–Trinajstić information content (AvgIpc) is 2.16. The normalized spacial score (nSPS) is 13.3. The van der Waals surface area contributed by atoms with Gasteiger partial charge in [0.2, 0.25) is 0 Å². The third-order valence-electron chi connectivity index (χ3n) is 2.34. The van der Waals surface area contributed by atoms with Crippen molar-refractivity contribution in [3.63, 3.8) is 0 Å². The van der Waals surface area contributed by atoms with Gasteiger partial charge in [0.25, 0.3) is 0 Å². The molecule has 0 spiro atoms. The van der Waals surface area contributed by atoms with Crippen molar-refractivity contribution < 1.29 is 14.3 Å². The van der Waals surface area contributed by atoms with E-state index in [4.69, 9.17) is 4.74 Å². The minimum absolute atomic E-state index is 0.167. The van der Waals surface area contributed by atoms with E-state index in [2.05, 4.69) is 9.64 Å². The Hall–Kier alpha value is -0.610. The smallest absolute Gasteiger partial charge is 0.307 e. The standard InChI is InChI=1S/C11H23NO3/c1-9(2)15-7-6-12(4)10(3)8-11(13)14-5/h9-10H,6-8H2,1-5H3. The fourth-order valence-electron chi connectivity index (χ4n) is 1.13. The van der Waals surface area contributed by atoms with Gasteiger partial charge in [-0.2, -0.15) is 0 Å². The van der Waals surface area contributed by atoms with Crippen LogP contribution in [-0.2, 0) is 14.3 Å². The molecule has 0 aromatic heterocycles. The average molecular weight is 217 g/mol. The first-order valence-electron chi connectivity index (χ1n) is 5.36. The van der Waals surface area contributed by atoms with Gasteiger partial charge in [-0.25, -0.2) is 0 Å². The van der Waals surface area contributed by atoms with Gasteiger partial charge < -0.3 is 14.4 Å². The lowest BCUT2D eigenvalue weighted by molar-refractivity contribution is -0.141. The Morgan fingerprint density at radius 2 is 1.93 bits per heavy atom. The highest BCUT2D eigenvalue weighted by molar-refractivity contribution is 5.69. The SMILES string of the molecule is COC(=O)CC(C)N(C)CCOC(C)C. The highest BCUT2D eigenvalue weighted by atomic mass is 16.5. The molecule has 4 heteroatoms. The fourth-order valence-corrected chi connectivity index (χ4v) is 1.13. The van der Waals surface area contributed by atoms with E-state index in [1.807, 2.05) is 27.8 Å². The third-order valence-corrected chi connectivity index (χ3v) is 2.34. The lowest BCUT2D eigenvalue weighted by atomic mass is 10.2. The van der Waals surface area contributed by atoms with Crippen molar-refractivity contribution in [1.82, 2.24) is 4.90 Å². The summed E-state index contributed by atoms with van der Waals surface area (Å²) in [4.78, 5) is 13.1. The molecule has 0 saturated heterocycles. The van der Waals surface area contributed by atoms with Crippen LogP contribution in [0.4, 0.5) is 0 Å². The maximum absolute atomic E-state index is 11.0. The minimum atomic E-state index is -0.167. The Kier molecular flexibility index (Phi) is 7.34. The zero-order valence-corrected chi connectivity index (χ0v) is 10.4. The Morgan fingerprint density at radius 1 is 1.33 bits per heavy atom. The number of carbonyl (C=O) groups is 1. The lowest BCUT2D eigenvalue weighted by Gasteiger charge is -2.24. The van der Waals surface area contributed by atoms with Gasteiger partial charge in [0.15, 0.2) is 0 Å². The van der Waals surface area contributed by atoms with Crippen LogP contribution in [0.5, 0.6) is 0 Å². The summed E-state index contributed by atoms with van der Waals surface area (Å²) in [5.41, 5.74) is 0. The molecule has 0 aliphatic carbocycles. The molecule has 90 valence electrons. The first-order valence-corrected chi connectivity index (χ1v) is 5.36. The molecule has 0 rings (SSSR count). The van der Waals surface area contributed by atoms with Crippen molar-refractivity contribution >= 4 is 5.97 Å². The Bertz CT molecular complexity index is 183. The van der Waals surface area contributed by atoms with Gasteiger partial charge in [0.1, 0.15) is 0 Å². The van der Waals surface area contributed by atoms with Crippen molar-refractivity contribution in [2.75, 3.05) is 27.3 Å². The van der Waals surface area contributed by atoms with E-state index in [9.17, 15) is 4.79 Å². The van der Waals surface area contributed by atoms with Gasteiger partial charge in [-0.1, -0.05) is 0 Å². The summed E-state index contributed by atoms with van der Waals surface area (Å²) in [5.74, 6) is -0.167. The molecule has 0 saturated carbocycles. The second-order valence-corrected chi connectivity index (χ2v) is 4.03. The number of esters is 1. The molecule has 1 unspecified atom stereocenters. The molecule has 0 bridgehead atoms. The molecule has 0 aromatic carbocycles. The predicted octanol–water partition coefficient (Wildman–Crippen LogP) is 1.29. The molecule has 0 amide bonds. The highest BCUT2D eigenvalue weighted by Gasteiger charge is 2.13. The predicted molar refractivity (Wildman–Crippen MR) is 59.8 cm³/mol. The number of carbonyl (C=O) groups excluding carboxylic acids is 1. The summed E-state index contributed by atoms with van der Waals surface area (Å²) in [5, 5.41) is 0. The van der Waals surface area contributed by atoms with Crippen molar-refractivity contribution in [2.24, 2.45) is 0 Å². The zero-order valence-electron chi connectivity index (χ0n) is 10.4. The minimum Gasteiger partial charge on any atom is -0.469 e. The largest absolute Gasteiger partial charge is 0.469 e.